The molecule has 0 aliphatic rings. The maximum absolute atomic E-state index is 9.69. The van der Waals surface area contributed by atoms with Gasteiger partial charge in [-0.25, -0.2) is 4.98 Å². The number of ether oxygens (including phenoxy) is 1. The third-order valence-electron chi connectivity index (χ3n) is 3.23. The van der Waals surface area contributed by atoms with Crippen molar-refractivity contribution >= 4 is 22.7 Å². The molecule has 0 atom stereocenters. The second kappa shape index (κ2) is 7.61. The van der Waals surface area contributed by atoms with Crippen molar-refractivity contribution in [3.63, 3.8) is 0 Å². The minimum absolute atomic E-state index is 0.120. The van der Waals surface area contributed by atoms with Gasteiger partial charge in [-0.1, -0.05) is 30.3 Å². The van der Waals surface area contributed by atoms with Crippen LogP contribution < -0.4 is 10.2 Å². The highest BCUT2D eigenvalue weighted by atomic mass is 32.1. The first-order chi connectivity index (χ1) is 11.8. The summed E-state index contributed by atoms with van der Waals surface area (Å²) >= 11 is 1.49. The quantitative estimate of drug-likeness (QED) is 0.517. The van der Waals surface area contributed by atoms with Crippen LogP contribution in [0.5, 0.6) is 11.5 Å². The lowest BCUT2D eigenvalue weighted by Gasteiger charge is -2.05. The van der Waals surface area contributed by atoms with Crippen LogP contribution in [0.15, 0.2) is 59.0 Å². The van der Waals surface area contributed by atoms with Gasteiger partial charge in [-0.05, 0) is 30.7 Å². The Balaban J connectivity index is 1.67. The molecule has 6 heteroatoms. The highest BCUT2D eigenvalue weighted by Crippen LogP contribution is 2.26. The van der Waals surface area contributed by atoms with Crippen LogP contribution in [-0.4, -0.2) is 22.9 Å². The van der Waals surface area contributed by atoms with Crippen molar-refractivity contribution in [3.05, 3.63) is 59.5 Å². The number of anilines is 1. The summed E-state index contributed by atoms with van der Waals surface area (Å²) in [6.07, 6.45) is 1.66. The molecular formula is C18H17N3O2S. The Morgan fingerprint density at radius 1 is 1.25 bits per heavy atom. The summed E-state index contributed by atoms with van der Waals surface area (Å²) in [6, 6.07) is 15.1. The third kappa shape index (κ3) is 3.91. The predicted molar refractivity (Wildman–Crippen MR) is 98.0 cm³/mol. The first-order valence-corrected chi connectivity index (χ1v) is 8.40. The van der Waals surface area contributed by atoms with Crippen LogP contribution in [0.1, 0.15) is 12.5 Å². The summed E-state index contributed by atoms with van der Waals surface area (Å²) in [6.45, 7) is 2.36. The molecule has 2 N–H and O–H groups in total. The number of benzene rings is 2. The summed E-state index contributed by atoms with van der Waals surface area (Å²) in [5, 5.41) is 16.6. The molecule has 24 heavy (non-hydrogen) atoms. The van der Waals surface area contributed by atoms with Crippen LogP contribution >= 0.6 is 11.3 Å². The summed E-state index contributed by atoms with van der Waals surface area (Å²) < 4.78 is 5.35. The Kier molecular flexibility index (Phi) is 5.08. The normalized spacial score (nSPS) is 10.9. The minimum atomic E-state index is 0.120. The van der Waals surface area contributed by atoms with Gasteiger partial charge in [-0.3, -0.25) is 5.43 Å². The van der Waals surface area contributed by atoms with Gasteiger partial charge in [0.05, 0.1) is 18.5 Å². The van der Waals surface area contributed by atoms with E-state index in [0.29, 0.717) is 17.5 Å². The molecule has 0 aliphatic carbocycles. The van der Waals surface area contributed by atoms with E-state index in [0.717, 1.165) is 16.8 Å². The van der Waals surface area contributed by atoms with Crippen LogP contribution in [0.2, 0.25) is 0 Å². The van der Waals surface area contributed by atoms with Crippen LogP contribution in [0.4, 0.5) is 5.13 Å². The number of nitrogens with one attached hydrogen (secondary N) is 1. The number of hydrogen-bond donors (Lipinski definition) is 2. The van der Waals surface area contributed by atoms with Gasteiger partial charge < -0.3 is 9.84 Å². The van der Waals surface area contributed by atoms with Crippen LogP contribution in [0.25, 0.3) is 11.3 Å². The summed E-state index contributed by atoms with van der Waals surface area (Å²) in [7, 11) is 0. The number of nitrogens with zero attached hydrogens (tertiary/aromatic N) is 2. The first kappa shape index (κ1) is 16.0. The SMILES string of the molecule is CCOc1cc(/C=N/Nc2nc(-c3ccccc3)cs2)ccc1O. The fourth-order valence-electron chi connectivity index (χ4n) is 2.11. The molecule has 0 spiro atoms. The van der Waals surface area contributed by atoms with Gasteiger partial charge in [0.15, 0.2) is 11.5 Å². The van der Waals surface area contributed by atoms with Crippen molar-refractivity contribution in [2.24, 2.45) is 5.10 Å². The van der Waals surface area contributed by atoms with Crippen molar-refractivity contribution < 1.29 is 9.84 Å². The zero-order chi connectivity index (χ0) is 16.8. The number of rotatable bonds is 6. The molecule has 1 heterocycles. The number of aromatic nitrogens is 1. The third-order valence-corrected chi connectivity index (χ3v) is 3.98. The molecule has 2 aromatic carbocycles. The van der Waals surface area contributed by atoms with E-state index in [4.69, 9.17) is 4.74 Å². The van der Waals surface area contributed by atoms with E-state index in [-0.39, 0.29) is 5.75 Å². The molecule has 0 unspecified atom stereocenters. The molecule has 122 valence electrons. The van der Waals surface area contributed by atoms with Gasteiger partial charge in [0.1, 0.15) is 0 Å². The van der Waals surface area contributed by atoms with Crippen molar-refractivity contribution in [1.29, 1.82) is 0 Å². The smallest absolute Gasteiger partial charge is 0.203 e. The molecule has 0 saturated carbocycles. The van der Waals surface area contributed by atoms with Gasteiger partial charge in [0, 0.05) is 10.9 Å². The zero-order valence-corrected chi connectivity index (χ0v) is 14.0. The maximum Gasteiger partial charge on any atom is 0.203 e. The molecule has 5 nitrogen and oxygen atoms in total. The average Bonchev–Trinajstić information content (AvgIpc) is 3.08. The zero-order valence-electron chi connectivity index (χ0n) is 13.1. The molecule has 0 saturated heterocycles. The largest absolute Gasteiger partial charge is 0.504 e. The number of phenols is 1. The highest BCUT2D eigenvalue weighted by Gasteiger charge is 2.04. The molecule has 0 radical (unpaired) electrons. The van der Waals surface area contributed by atoms with Gasteiger partial charge in [-0.15, -0.1) is 11.3 Å². The Bertz CT molecular complexity index is 831. The molecule has 0 bridgehead atoms. The van der Waals surface area contributed by atoms with Crippen molar-refractivity contribution in [2.75, 3.05) is 12.0 Å². The summed E-state index contributed by atoms with van der Waals surface area (Å²) in [5.74, 6) is 0.566. The van der Waals surface area contributed by atoms with Gasteiger partial charge in [0.2, 0.25) is 5.13 Å². The molecule has 0 aliphatic heterocycles. The van der Waals surface area contributed by atoms with Crippen molar-refractivity contribution in [3.8, 4) is 22.8 Å². The highest BCUT2D eigenvalue weighted by molar-refractivity contribution is 7.14. The van der Waals surface area contributed by atoms with E-state index >= 15 is 0 Å². The van der Waals surface area contributed by atoms with E-state index in [1.54, 1.807) is 24.4 Å². The second-order valence-electron chi connectivity index (χ2n) is 4.93. The van der Waals surface area contributed by atoms with Crippen molar-refractivity contribution in [1.82, 2.24) is 4.98 Å². The molecule has 3 rings (SSSR count). The van der Waals surface area contributed by atoms with Gasteiger partial charge >= 0.3 is 0 Å². The molecule has 0 fully saturated rings. The molecular weight excluding hydrogens is 322 g/mol. The van der Waals surface area contributed by atoms with E-state index in [9.17, 15) is 5.11 Å². The van der Waals surface area contributed by atoms with E-state index in [1.807, 2.05) is 42.6 Å². The molecule has 0 amide bonds. The lowest BCUT2D eigenvalue weighted by molar-refractivity contribution is 0.318. The number of hydrazone groups is 1. The number of hydrogen-bond acceptors (Lipinski definition) is 6. The fraction of sp³-hybridized carbons (Fsp3) is 0.111. The predicted octanol–water partition coefficient (Wildman–Crippen LogP) is 4.36. The Morgan fingerprint density at radius 2 is 2.08 bits per heavy atom. The minimum Gasteiger partial charge on any atom is -0.504 e. The van der Waals surface area contributed by atoms with E-state index < -0.39 is 0 Å². The van der Waals surface area contributed by atoms with Crippen LogP contribution in [0.3, 0.4) is 0 Å². The molecule has 1 aromatic heterocycles. The summed E-state index contributed by atoms with van der Waals surface area (Å²) in [4.78, 5) is 4.50. The maximum atomic E-state index is 9.69. The monoisotopic (exact) mass is 339 g/mol. The number of aromatic hydroxyl groups is 1. The number of thiazole rings is 1. The van der Waals surface area contributed by atoms with Crippen LogP contribution in [0, 0.1) is 0 Å². The Labute approximate surface area is 144 Å². The van der Waals surface area contributed by atoms with Gasteiger partial charge in [0.25, 0.3) is 0 Å². The standard InChI is InChI=1S/C18H17N3O2S/c1-2-23-17-10-13(8-9-16(17)22)11-19-21-18-20-15(12-24-18)14-6-4-3-5-7-14/h3-12,22H,2H2,1H3,(H,20,21)/b19-11+. The van der Waals surface area contributed by atoms with Crippen LogP contribution in [-0.2, 0) is 0 Å². The van der Waals surface area contributed by atoms with E-state index in [1.165, 1.54) is 11.3 Å². The first-order valence-electron chi connectivity index (χ1n) is 7.52. The topological polar surface area (TPSA) is 66.7 Å². The summed E-state index contributed by atoms with van der Waals surface area (Å²) in [5.41, 5.74) is 5.74. The number of phenolic OH excluding ortho intramolecular Hbond substituents is 1. The van der Waals surface area contributed by atoms with Gasteiger partial charge in [-0.2, -0.15) is 5.10 Å². The average molecular weight is 339 g/mol. The fourth-order valence-corrected chi connectivity index (χ4v) is 2.78. The van der Waals surface area contributed by atoms with E-state index in [2.05, 4.69) is 15.5 Å². The lowest BCUT2D eigenvalue weighted by Crippen LogP contribution is -1.94. The lowest BCUT2D eigenvalue weighted by atomic mass is 10.2. The van der Waals surface area contributed by atoms with Crippen molar-refractivity contribution in [2.45, 2.75) is 6.92 Å². The molecule has 3 aromatic rings. The second-order valence-corrected chi connectivity index (χ2v) is 5.79. The Hall–Kier alpha value is -2.86. The Morgan fingerprint density at radius 3 is 2.88 bits per heavy atom.